The molecular formula is C18H27N. The molecule has 1 saturated carbocycles. The second-order valence-electron chi connectivity index (χ2n) is 7.30. The summed E-state index contributed by atoms with van der Waals surface area (Å²) in [5.74, 6) is 1.48. The molecule has 1 heteroatoms. The average molecular weight is 257 g/mol. The van der Waals surface area contributed by atoms with Gasteiger partial charge in [0.15, 0.2) is 0 Å². The first kappa shape index (κ1) is 13.0. The Morgan fingerprint density at radius 2 is 1.84 bits per heavy atom. The maximum Gasteiger partial charge on any atom is 0.0382 e. The normalized spacial score (nSPS) is 26.6. The van der Waals surface area contributed by atoms with Crippen molar-refractivity contribution in [3.05, 3.63) is 29.3 Å². The number of rotatable bonds is 1. The van der Waals surface area contributed by atoms with Gasteiger partial charge in [-0.1, -0.05) is 38.3 Å². The Morgan fingerprint density at radius 3 is 2.58 bits per heavy atom. The molecule has 1 aliphatic heterocycles. The smallest absolute Gasteiger partial charge is 0.0382 e. The number of benzene rings is 1. The molecule has 1 aromatic rings. The molecule has 0 bridgehead atoms. The molecule has 0 saturated heterocycles. The van der Waals surface area contributed by atoms with Gasteiger partial charge in [0.1, 0.15) is 0 Å². The molecule has 0 spiro atoms. The fraction of sp³-hybridized carbons (Fsp3) is 0.667. The molecule has 0 aromatic heterocycles. The molecule has 1 aromatic carbocycles. The molecule has 3 rings (SSSR count). The van der Waals surface area contributed by atoms with Crippen molar-refractivity contribution in [1.29, 1.82) is 0 Å². The van der Waals surface area contributed by atoms with E-state index < -0.39 is 0 Å². The fourth-order valence-corrected chi connectivity index (χ4v) is 4.09. The van der Waals surface area contributed by atoms with E-state index in [-0.39, 0.29) is 5.54 Å². The average Bonchev–Trinajstić information content (AvgIpc) is 2.37. The molecule has 1 unspecified atom stereocenters. The van der Waals surface area contributed by atoms with E-state index in [4.69, 9.17) is 0 Å². The van der Waals surface area contributed by atoms with E-state index in [0.29, 0.717) is 5.92 Å². The van der Waals surface area contributed by atoms with E-state index in [1.807, 2.05) is 0 Å². The van der Waals surface area contributed by atoms with E-state index in [9.17, 15) is 0 Å². The van der Waals surface area contributed by atoms with Crippen molar-refractivity contribution in [3.8, 4) is 0 Å². The summed E-state index contributed by atoms with van der Waals surface area (Å²) in [5.41, 5.74) is 4.71. The van der Waals surface area contributed by atoms with Crippen molar-refractivity contribution in [3.63, 3.8) is 0 Å². The summed E-state index contributed by atoms with van der Waals surface area (Å²) in [4.78, 5) is 0. The van der Waals surface area contributed by atoms with Gasteiger partial charge in [-0.25, -0.2) is 0 Å². The van der Waals surface area contributed by atoms with Crippen LogP contribution in [0.25, 0.3) is 0 Å². The summed E-state index contributed by atoms with van der Waals surface area (Å²) >= 11 is 0. The first-order chi connectivity index (χ1) is 9.05. The monoisotopic (exact) mass is 257 g/mol. The largest absolute Gasteiger partial charge is 0.380 e. The zero-order chi connectivity index (χ0) is 13.5. The lowest BCUT2D eigenvalue weighted by atomic mass is 9.79. The van der Waals surface area contributed by atoms with Crippen molar-refractivity contribution in [2.75, 3.05) is 5.32 Å². The van der Waals surface area contributed by atoms with Gasteiger partial charge in [-0.2, -0.15) is 0 Å². The predicted octanol–water partition coefficient (Wildman–Crippen LogP) is 5.43. The Balaban J connectivity index is 1.90. The van der Waals surface area contributed by atoms with E-state index >= 15 is 0 Å². The lowest BCUT2D eigenvalue weighted by Gasteiger charge is -2.38. The minimum atomic E-state index is 0.234. The second kappa shape index (κ2) is 4.85. The van der Waals surface area contributed by atoms with Crippen LogP contribution in [0.15, 0.2) is 18.2 Å². The standard InChI is InChI=1S/C18H27N/c1-13-12-18(2,3)19-17-11-15(9-10-16(13)17)14-7-5-4-6-8-14/h9-11,13-14,19H,4-8,12H2,1-3H3. The van der Waals surface area contributed by atoms with Crippen LogP contribution in [0.4, 0.5) is 5.69 Å². The predicted molar refractivity (Wildman–Crippen MR) is 83.0 cm³/mol. The third-order valence-corrected chi connectivity index (χ3v) is 4.97. The van der Waals surface area contributed by atoms with Crippen LogP contribution in [0, 0.1) is 0 Å². The molecule has 19 heavy (non-hydrogen) atoms. The van der Waals surface area contributed by atoms with Crippen LogP contribution in [0.3, 0.4) is 0 Å². The van der Waals surface area contributed by atoms with Crippen LogP contribution in [0.1, 0.15) is 82.3 Å². The van der Waals surface area contributed by atoms with Gasteiger partial charge in [-0.15, -0.1) is 0 Å². The van der Waals surface area contributed by atoms with E-state index in [1.54, 1.807) is 5.56 Å². The highest BCUT2D eigenvalue weighted by Crippen LogP contribution is 2.41. The lowest BCUT2D eigenvalue weighted by Crippen LogP contribution is -2.36. The third kappa shape index (κ3) is 2.66. The summed E-state index contributed by atoms with van der Waals surface area (Å²) in [6.45, 7) is 7.00. The summed E-state index contributed by atoms with van der Waals surface area (Å²) < 4.78 is 0. The summed E-state index contributed by atoms with van der Waals surface area (Å²) in [7, 11) is 0. The van der Waals surface area contributed by atoms with Crippen LogP contribution in [0.5, 0.6) is 0 Å². The molecule has 1 fully saturated rings. The highest BCUT2D eigenvalue weighted by molar-refractivity contribution is 5.59. The van der Waals surface area contributed by atoms with Gasteiger partial charge in [0.05, 0.1) is 0 Å². The quantitative estimate of drug-likeness (QED) is 0.707. The molecular weight excluding hydrogens is 230 g/mol. The van der Waals surface area contributed by atoms with Gasteiger partial charge < -0.3 is 5.32 Å². The Kier molecular flexibility index (Phi) is 3.32. The number of nitrogens with one attached hydrogen (secondary N) is 1. The zero-order valence-electron chi connectivity index (χ0n) is 12.6. The highest BCUT2D eigenvalue weighted by Gasteiger charge is 2.29. The van der Waals surface area contributed by atoms with Crippen molar-refractivity contribution in [2.45, 2.75) is 76.7 Å². The van der Waals surface area contributed by atoms with Crippen molar-refractivity contribution < 1.29 is 0 Å². The number of anilines is 1. The maximum atomic E-state index is 3.75. The van der Waals surface area contributed by atoms with Crippen molar-refractivity contribution in [2.24, 2.45) is 0 Å². The first-order valence-corrected chi connectivity index (χ1v) is 7.97. The third-order valence-electron chi connectivity index (χ3n) is 4.97. The van der Waals surface area contributed by atoms with Gasteiger partial charge in [0, 0.05) is 11.2 Å². The Bertz CT molecular complexity index is 455. The minimum absolute atomic E-state index is 0.234. The first-order valence-electron chi connectivity index (χ1n) is 7.97. The lowest BCUT2D eigenvalue weighted by molar-refractivity contribution is 0.440. The van der Waals surface area contributed by atoms with Crippen molar-refractivity contribution in [1.82, 2.24) is 0 Å². The Morgan fingerprint density at radius 1 is 1.11 bits per heavy atom. The van der Waals surface area contributed by atoms with Gasteiger partial charge in [0.25, 0.3) is 0 Å². The molecule has 0 radical (unpaired) electrons. The number of fused-ring (bicyclic) bond motifs is 1. The fourth-order valence-electron chi connectivity index (χ4n) is 4.09. The van der Waals surface area contributed by atoms with Gasteiger partial charge in [0.2, 0.25) is 0 Å². The Hall–Kier alpha value is -0.980. The van der Waals surface area contributed by atoms with Gasteiger partial charge in [-0.3, -0.25) is 0 Å². The molecule has 1 aliphatic carbocycles. The van der Waals surface area contributed by atoms with E-state index in [2.05, 4.69) is 44.3 Å². The van der Waals surface area contributed by atoms with Gasteiger partial charge in [-0.05, 0) is 62.1 Å². The topological polar surface area (TPSA) is 12.0 Å². The second-order valence-corrected chi connectivity index (χ2v) is 7.30. The molecule has 1 atom stereocenters. The molecule has 1 N–H and O–H groups in total. The molecule has 104 valence electrons. The van der Waals surface area contributed by atoms with Crippen LogP contribution in [0.2, 0.25) is 0 Å². The number of hydrogen-bond donors (Lipinski definition) is 1. The summed E-state index contributed by atoms with van der Waals surface area (Å²) in [6.07, 6.45) is 8.26. The van der Waals surface area contributed by atoms with E-state index in [0.717, 1.165) is 5.92 Å². The summed E-state index contributed by atoms with van der Waals surface area (Å²) in [5, 5.41) is 3.75. The summed E-state index contributed by atoms with van der Waals surface area (Å²) in [6, 6.07) is 7.22. The van der Waals surface area contributed by atoms with Crippen LogP contribution in [-0.4, -0.2) is 5.54 Å². The maximum absolute atomic E-state index is 3.75. The molecule has 0 amide bonds. The number of hydrogen-bond acceptors (Lipinski definition) is 1. The van der Waals surface area contributed by atoms with E-state index in [1.165, 1.54) is 49.8 Å². The van der Waals surface area contributed by atoms with Crippen LogP contribution < -0.4 is 5.32 Å². The van der Waals surface area contributed by atoms with Gasteiger partial charge >= 0.3 is 0 Å². The minimum Gasteiger partial charge on any atom is -0.380 e. The molecule has 2 aliphatic rings. The zero-order valence-corrected chi connectivity index (χ0v) is 12.6. The Labute approximate surface area is 117 Å². The SMILES string of the molecule is CC1CC(C)(C)Nc2cc(C3CCCCC3)ccc21. The van der Waals surface area contributed by atoms with Crippen LogP contribution in [-0.2, 0) is 0 Å². The highest BCUT2D eigenvalue weighted by atomic mass is 15.0. The van der Waals surface area contributed by atoms with Crippen molar-refractivity contribution >= 4 is 5.69 Å². The molecule has 1 nitrogen and oxygen atoms in total. The van der Waals surface area contributed by atoms with Crippen LogP contribution >= 0.6 is 0 Å². The molecule has 1 heterocycles.